The van der Waals surface area contributed by atoms with E-state index in [1.54, 1.807) is 24.3 Å². The first kappa shape index (κ1) is 31.4. The Labute approximate surface area is 263 Å². The minimum atomic E-state index is -3.66. The highest BCUT2D eigenvalue weighted by Crippen LogP contribution is 2.29. The number of carbonyl (C=O) groups excluding carboxylic acids is 2. The van der Waals surface area contributed by atoms with Gasteiger partial charge in [0, 0.05) is 35.3 Å². The maximum atomic E-state index is 13.0. The highest BCUT2D eigenvalue weighted by atomic mass is 32.2. The Hall–Kier alpha value is -5.06. The fraction of sp³-hybridized carbons (Fsp3) is 0.171. The number of hydrogen-bond donors (Lipinski definition) is 2. The van der Waals surface area contributed by atoms with Gasteiger partial charge in [-0.25, -0.2) is 13.1 Å². The molecule has 1 aromatic heterocycles. The molecule has 0 unspecified atom stereocenters. The van der Waals surface area contributed by atoms with Crippen molar-refractivity contribution in [2.45, 2.75) is 31.6 Å². The summed E-state index contributed by atoms with van der Waals surface area (Å²) in [5, 5.41) is 4.86. The molecule has 5 aromatic rings. The number of sulfonamides is 1. The molecule has 0 spiro atoms. The zero-order chi connectivity index (χ0) is 31.8. The Morgan fingerprint density at radius 2 is 1.18 bits per heavy atom. The Morgan fingerprint density at radius 3 is 1.69 bits per heavy atom. The van der Waals surface area contributed by atoms with Crippen LogP contribution >= 0.6 is 0 Å². The summed E-state index contributed by atoms with van der Waals surface area (Å²) in [6.45, 7) is 4.71. The molecule has 2 N–H and O–H groups in total. The number of hydrogen-bond acceptors (Lipinski definition) is 5. The van der Waals surface area contributed by atoms with E-state index < -0.39 is 21.8 Å². The SMILES string of the molecule is CCCN(CCC)S(=O)(=O)c1ccc(C(=O)NNC(=O)c2ccc(-n3nc(-c4ccccc4)cc3-c3ccccc3)cc2)cc1. The fourth-order valence-corrected chi connectivity index (χ4v) is 6.56. The van der Waals surface area contributed by atoms with Crippen molar-refractivity contribution in [1.82, 2.24) is 24.9 Å². The number of benzene rings is 4. The van der Waals surface area contributed by atoms with Gasteiger partial charge in [-0.1, -0.05) is 74.5 Å². The van der Waals surface area contributed by atoms with Crippen LogP contribution in [0.2, 0.25) is 0 Å². The maximum Gasteiger partial charge on any atom is 0.269 e. The smallest absolute Gasteiger partial charge is 0.267 e. The molecule has 10 heteroatoms. The first-order valence-electron chi connectivity index (χ1n) is 14.8. The Kier molecular flexibility index (Phi) is 9.86. The van der Waals surface area contributed by atoms with Gasteiger partial charge in [0.2, 0.25) is 10.0 Å². The molecular formula is C35H35N5O4S. The maximum absolute atomic E-state index is 13.0. The molecule has 0 fully saturated rings. The van der Waals surface area contributed by atoms with E-state index in [1.807, 2.05) is 85.3 Å². The van der Waals surface area contributed by atoms with E-state index in [-0.39, 0.29) is 10.5 Å². The average Bonchev–Trinajstić information content (AvgIpc) is 3.53. The van der Waals surface area contributed by atoms with Crippen molar-refractivity contribution in [2.24, 2.45) is 0 Å². The number of amides is 2. The van der Waals surface area contributed by atoms with Crippen molar-refractivity contribution in [3.8, 4) is 28.2 Å². The molecule has 0 radical (unpaired) electrons. The van der Waals surface area contributed by atoms with Crippen molar-refractivity contribution in [1.29, 1.82) is 0 Å². The Morgan fingerprint density at radius 1 is 0.689 bits per heavy atom. The fourth-order valence-electron chi connectivity index (χ4n) is 4.93. The van der Waals surface area contributed by atoms with Crippen molar-refractivity contribution in [3.63, 3.8) is 0 Å². The number of rotatable bonds is 11. The summed E-state index contributed by atoms with van der Waals surface area (Å²) in [6, 6.07) is 34.5. The summed E-state index contributed by atoms with van der Waals surface area (Å²) >= 11 is 0. The molecule has 5 rings (SSSR count). The van der Waals surface area contributed by atoms with Crippen LogP contribution in [0.1, 0.15) is 47.4 Å². The van der Waals surface area contributed by atoms with Crippen molar-refractivity contribution in [3.05, 3.63) is 126 Å². The van der Waals surface area contributed by atoms with Gasteiger partial charge in [-0.2, -0.15) is 9.40 Å². The molecule has 1 heterocycles. The van der Waals surface area contributed by atoms with Crippen LogP contribution in [0.3, 0.4) is 0 Å². The molecule has 0 atom stereocenters. The van der Waals surface area contributed by atoms with Crippen LogP contribution in [0.4, 0.5) is 0 Å². The quantitative estimate of drug-likeness (QED) is 0.173. The molecule has 0 bridgehead atoms. The Bertz CT molecular complexity index is 1850. The second-order valence-corrected chi connectivity index (χ2v) is 12.4. The predicted octanol–water partition coefficient (Wildman–Crippen LogP) is 6.09. The number of carbonyl (C=O) groups is 2. The van der Waals surface area contributed by atoms with Gasteiger partial charge in [-0.3, -0.25) is 20.4 Å². The van der Waals surface area contributed by atoms with Crippen LogP contribution in [0.15, 0.2) is 120 Å². The molecule has 0 aliphatic carbocycles. The minimum absolute atomic E-state index is 0.119. The third-order valence-corrected chi connectivity index (χ3v) is 9.13. The van der Waals surface area contributed by atoms with E-state index in [9.17, 15) is 18.0 Å². The molecule has 9 nitrogen and oxygen atoms in total. The van der Waals surface area contributed by atoms with E-state index in [2.05, 4.69) is 10.9 Å². The van der Waals surface area contributed by atoms with E-state index in [4.69, 9.17) is 5.10 Å². The van der Waals surface area contributed by atoms with Crippen LogP contribution in [0.5, 0.6) is 0 Å². The van der Waals surface area contributed by atoms with Gasteiger partial charge in [0.1, 0.15) is 0 Å². The molecule has 0 aliphatic heterocycles. The van der Waals surface area contributed by atoms with Crippen molar-refractivity contribution < 1.29 is 18.0 Å². The number of aromatic nitrogens is 2. The van der Waals surface area contributed by atoms with Crippen molar-refractivity contribution >= 4 is 21.8 Å². The highest BCUT2D eigenvalue weighted by Gasteiger charge is 2.23. The largest absolute Gasteiger partial charge is 0.269 e. The summed E-state index contributed by atoms with van der Waals surface area (Å²) in [5.41, 5.74) is 9.87. The standard InChI is InChI=1S/C35H35N5O4S/c1-3-23-39(24-4-2)45(43,44)31-21-17-29(18-22-31)35(42)37-36-34(41)28-15-19-30(20-16-28)40-33(27-13-9-6-10-14-27)25-32(38-40)26-11-7-5-8-12-26/h5-22,25H,3-4,23-24H2,1-2H3,(H,36,41)(H,37,42). The zero-order valence-corrected chi connectivity index (χ0v) is 26.0. The molecule has 0 saturated heterocycles. The van der Waals surface area contributed by atoms with Gasteiger partial charge in [-0.15, -0.1) is 0 Å². The summed E-state index contributed by atoms with van der Waals surface area (Å²) < 4.78 is 29.3. The lowest BCUT2D eigenvalue weighted by atomic mass is 10.1. The summed E-state index contributed by atoms with van der Waals surface area (Å²) in [5.74, 6) is -1.07. The lowest BCUT2D eigenvalue weighted by Gasteiger charge is -2.21. The number of nitrogens with one attached hydrogen (secondary N) is 2. The Balaban J connectivity index is 1.27. The third kappa shape index (κ3) is 7.19. The first-order chi connectivity index (χ1) is 21.8. The minimum Gasteiger partial charge on any atom is -0.267 e. The van der Waals surface area contributed by atoms with Gasteiger partial charge in [0.05, 0.1) is 22.0 Å². The normalized spacial score (nSPS) is 11.4. The zero-order valence-electron chi connectivity index (χ0n) is 25.2. The van der Waals surface area contributed by atoms with E-state index in [0.29, 0.717) is 31.5 Å². The lowest BCUT2D eigenvalue weighted by molar-refractivity contribution is 0.0846. The monoisotopic (exact) mass is 621 g/mol. The highest BCUT2D eigenvalue weighted by molar-refractivity contribution is 7.89. The van der Waals surface area contributed by atoms with Gasteiger partial charge in [0.15, 0.2) is 0 Å². The van der Waals surface area contributed by atoms with Crippen LogP contribution < -0.4 is 10.9 Å². The van der Waals surface area contributed by atoms with Gasteiger partial charge >= 0.3 is 0 Å². The number of hydrazine groups is 1. The summed E-state index contributed by atoms with van der Waals surface area (Å²) in [4.78, 5) is 25.7. The van der Waals surface area contributed by atoms with Crippen LogP contribution in [-0.4, -0.2) is 47.4 Å². The van der Waals surface area contributed by atoms with Crippen LogP contribution in [0, 0.1) is 0 Å². The van der Waals surface area contributed by atoms with Gasteiger partial charge in [0.25, 0.3) is 11.8 Å². The molecule has 45 heavy (non-hydrogen) atoms. The van der Waals surface area contributed by atoms with E-state index in [1.165, 1.54) is 28.6 Å². The molecule has 0 aliphatic rings. The van der Waals surface area contributed by atoms with E-state index in [0.717, 1.165) is 28.2 Å². The lowest BCUT2D eigenvalue weighted by Crippen LogP contribution is -2.41. The molecule has 0 saturated carbocycles. The van der Waals surface area contributed by atoms with Gasteiger partial charge in [-0.05, 0) is 67.4 Å². The average molecular weight is 622 g/mol. The first-order valence-corrected chi connectivity index (χ1v) is 16.3. The van der Waals surface area contributed by atoms with Crippen LogP contribution in [-0.2, 0) is 10.0 Å². The second-order valence-electron chi connectivity index (χ2n) is 10.4. The topological polar surface area (TPSA) is 113 Å². The molecule has 2 amide bonds. The predicted molar refractivity (Wildman–Crippen MR) is 175 cm³/mol. The summed E-state index contributed by atoms with van der Waals surface area (Å²) in [7, 11) is -3.66. The molecular weight excluding hydrogens is 586 g/mol. The second kappa shape index (κ2) is 14.1. The van der Waals surface area contributed by atoms with Gasteiger partial charge < -0.3 is 0 Å². The van der Waals surface area contributed by atoms with E-state index >= 15 is 0 Å². The van der Waals surface area contributed by atoms with Crippen LogP contribution in [0.25, 0.3) is 28.2 Å². The third-order valence-electron chi connectivity index (χ3n) is 7.21. The molecule has 230 valence electrons. The number of nitrogens with zero attached hydrogens (tertiary/aromatic N) is 3. The van der Waals surface area contributed by atoms with Crippen molar-refractivity contribution in [2.75, 3.05) is 13.1 Å². The summed E-state index contributed by atoms with van der Waals surface area (Å²) in [6.07, 6.45) is 1.41. The molecule has 4 aromatic carbocycles.